The molecule has 1 fully saturated rings. The number of imide groups is 1. The topological polar surface area (TPSA) is 61.4 Å². The molecule has 2 aromatic carbocycles. The van der Waals surface area contributed by atoms with Crippen LogP contribution in [-0.2, 0) is 0 Å². The van der Waals surface area contributed by atoms with Crippen molar-refractivity contribution in [2.45, 2.75) is 0 Å². The molecule has 0 atom stereocenters. The minimum atomic E-state index is -0.310. The first kappa shape index (κ1) is 12.3. The van der Waals surface area contributed by atoms with Crippen molar-refractivity contribution < 1.29 is 9.59 Å². The van der Waals surface area contributed by atoms with Gasteiger partial charge >= 0.3 is 0 Å². The Labute approximate surface area is 121 Å². The van der Waals surface area contributed by atoms with Crippen molar-refractivity contribution in [2.75, 3.05) is 31.1 Å². The van der Waals surface area contributed by atoms with Crippen LogP contribution in [0.4, 0.5) is 5.69 Å². The summed E-state index contributed by atoms with van der Waals surface area (Å²) in [5.41, 5.74) is 2.13. The van der Waals surface area contributed by atoms with Crippen molar-refractivity contribution in [1.82, 2.24) is 10.6 Å². The van der Waals surface area contributed by atoms with E-state index in [0.717, 1.165) is 42.6 Å². The quantitative estimate of drug-likeness (QED) is 0.769. The maximum absolute atomic E-state index is 12.4. The highest BCUT2D eigenvalue weighted by atomic mass is 16.2. The molecule has 5 nitrogen and oxygen atoms in total. The molecule has 0 bridgehead atoms. The smallest absolute Gasteiger partial charge is 0.260 e. The van der Waals surface area contributed by atoms with Gasteiger partial charge in [0.1, 0.15) is 0 Å². The fraction of sp³-hybridized carbons (Fsp3) is 0.250. The first-order valence-electron chi connectivity index (χ1n) is 7.13. The van der Waals surface area contributed by atoms with Crippen LogP contribution >= 0.6 is 0 Å². The number of carbonyl (C=O) groups is 2. The molecule has 0 spiro atoms. The number of rotatable bonds is 1. The van der Waals surface area contributed by atoms with Gasteiger partial charge in [0.05, 0.1) is 11.3 Å². The molecule has 0 aliphatic carbocycles. The third-order valence-corrected chi connectivity index (χ3v) is 4.18. The predicted octanol–water partition coefficient (Wildman–Crippen LogP) is 1.13. The summed E-state index contributed by atoms with van der Waals surface area (Å²) < 4.78 is 0. The summed E-state index contributed by atoms with van der Waals surface area (Å²) >= 11 is 0. The number of carbonyl (C=O) groups excluding carboxylic acids is 2. The lowest BCUT2D eigenvalue weighted by Crippen LogP contribution is -2.45. The lowest BCUT2D eigenvalue weighted by atomic mass is 9.93. The number of anilines is 1. The Bertz CT molecular complexity index is 763. The summed E-state index contributed by atoms with van der Waals surface area (Å²) in [6.07, 6.45) is 0. The highest BCUT2D eigenvalue weighted by Crippen LogP contribution is 2.33. The van der Waals surface area contributed by atoms with Crippen LogP contribution in [0.1, 0.15) is 20.7 Å². The van der Waals surface area contributed by atoms with Gasteiger partial charge in [-0.05, 0) is 17.5 Å². The Balaban J connectivity index is 2.00. The van der Waals surface area contributed by atoms with Crippen LogP contribution in [-0.4, -0.2) is 38.0 Å². The molecule has 5 heteroatoms. The van der Waals surface area contributed by atoms with Crippen molar-refractivity contribution >= 4 is 28.3 Å². The number of piperazine rings is 1. The number of benzene rings is 2. The zero-order chi connectivity index (χ0) is 14.4. The highest BCUT2D eigenvalue weighted by Gasteiger charge is 2.29. The molecule has 2 aliphatic heterocycles. The van der Waals surface area contributed by atoms with Crippen molar-refractivity contribution in [3.8, 4) is 0 Å². The molecular formula is C16H15N3O2. The van der Waals surface area contributed by atoms with E-state index in [4.69, 9.17) is 0 Å². The average molecular weight is 281 g/mol. The van der Waals surface area contributed by atoms with E-state index in [1.54, 1.807) is 6.07 Å². The van der Waals surface area contributed by atoms with Gasteiger partial charge in [0, 0.05) is 37.1 Å². The Hall–Kier alpha value is -2.40. The van der Waals surface area contributed by atoms with E-state index in [-0.39, 0.29) is 11.8 Å². The van der Waals surface area contributed by atoms with Crippen molar-refractivity contribution in [3.63, 3.8) is 0 Å². The summed E-state index contributed by atoms with van der Waals surface area (Å²) in [5.74, 6) is -0.603. The van der Waals surface area contributed by atoms with Crippen LogP contribution in [0.25, 0.3) is 10.8 Å². The summed E-state index contributed by atoms with van der Waals surface area (Å²) in [4.78, 5) is 26.6. The zero-order valence-electron chi connectivity index (χ0n) is 11.5. The van der Waals surface area contributed by atoms with Gasteiger partial charge in [0.15, 0.2) is 0 Å². The molecule has 2 amide bonds. The maximum Gasteiger partial charge on any atom is 0.260 e. The molecule has 0 aromatic heterocycles. The lowest BCUT2D eigenvalue weighted by Gasteiger charge is -2.32. The van der Waals surface area contributed by atoms with Crippen LogP contribution < -0.4 is 15.5 Å². The normalized spacial score (nSPS) is 18.0. The molecule has 2 N–H and O–H groups in total. The third-order valence-electron chi connectivity index (χ3n) is 4.18. The molecule has 2 aliphatic rings. The van der Waals surface area contributed by atoms with E-state index < -0.39 is 0 Å². The van der Waals surface area contributed by atoms with Crippen LogP contribution in [0.2, 0.25) is 0 Å². The summed E-state index contributed by atoms with van der Waals surface area (Å²) in [6.45, 7) is 3.53. The van der Waals surface area contributed by atoms with E-state index in [9.17, 15) is 9.59 Å². The zero-order valence-corrected chi connectivity index (χ0v) is 11.5. The predicted molar refractivity (Wildman–Crippen MR) is 80.8 cm³/mol. The van der Waals surface area contributed by atoms with E-state index in [2.05, 4.69) is 15.5 Å². The summed E-state index contributed by atoms with van der Waals surface area (Å²) in [6, 6.07) is 9.54. The van der Waals surface area contributed by atoms with Gasteiger partial charge in [0.2, 0.25) is 0 Å². The Morgan fingerprint density at radius 1 is 0.952 bits per heavy atom. The summed E-state index contributed by atoms with van der Waals surface area (Å²) in [7, 11) is 0. The monoisotopic (exact) mass is 281 g/mol. The number of amides is 2. The Kier molecular flexibility index (Phi) is 2.68. The minimum absolute atomic E-state index is 0.294. The number of hydrogen-bond acceptors (Lipinski definition) is 4. The van der Waals surface area contributed by atoms with Crippen LogP contribution in [0.3, 0.4) is 0 Å². The number of nitrogens with one attached hydrogen (secondary N) is 2. The minimum Gasteiger partial charge on any atom is -0.368 e. The first-order chi connectivity index (χ1) is 10.3. The fourth-order valence-electron chi connectivity index (χ4n) is 3.19. The van der Waals surface area contributed by atoms with Gasteiger partial charge in [-0.2, -0.15) is 0 Å². The molecule has 2 heterocycles. The molecule has 106 valence electrons. The van der Waals surface area contributed by atoms with Gasteiger partial charge < -0.3 is 10.2 Å². The maximum atomic E-state index is 12.4. The molecular weight excluding hydrogens is 266 g/mol. The second-order valence-electron chi connectivity index (χ2n) is 5.38. The van der Waals surface area contributed by atoms with Gasteiger partial charge in [0.25, 0.3) is 11.8 Å². The van der Waals surface area contributed by atoms with Crippen molar-refractivity contribution in [2.24, 2.45) is 0 Å². The highest BCUT2D eigenvalue weighted by molar-refractivity contribution is 6.27. The van der Waals surface area contributed by atoms with Gasteiger partial charge in [-0.3, -0.25) is 14.9 Å². The second kappa shape index (κ2) is 4.56. The van der Waals surface area contributed by atoms with E-state index in [1.807, 2.05) is 24.3 Å². The molecule has 4 rings (SSSR count). The van der Waals surface area contributed by atoms with E-state index in [1.165, 1.54) is 0 Å². The first-order valence-corrected chi connectivity index (χ1v) is 7.13. The van der Waals surface area contributed by atoms with Crippen molar-refractivity contribution in [1.29, 1.82) is 0 Å². The van der Waals surface area contributed by atoms with E-state index in [0.29, 0.717) is 11.1 Å². The van der Waals surface area contributed by atoms with Crippen LogP contribution in [0.15, 0.2) is 30.3 Å². The van der Waals surface area contributed by atoms with Crippen LogP contribution in [0, 0.1) is 0 Å². The Morgan fingerprint density at radius 3 is 2.57 bits per heavy atom. The molecule has 21 heavy (non-hydrogen) atoms. The Morgan fingerprint density at radius 2 is 1.76 bits per heavy atom. The molecule has 1 saturated heterocycles. The van der Waals surface area contributed by atoms with Crippen LogP contribution in [0.5, 0.6) is 0 Å². The second-order valence-corrected chi connectivity index (χ2v) is 5.38. The number of hydrogen-bond donors (Lipinski definition) is 2. The summed E-state index contributed by atoms with van der Waals surface area (Å²) in [5, 5.41) is 7.48. The number of nitrogens with zero attached hydrogens (tertiary/aromatic N) is 1. The third kappa shape index (κ3) is 1.81. The average Bonchev–Trinajstić information content (AvgIpc) is 2.53. The van der Waals surface area contributed by atoms with Gasteiger partial charge in [-0.1, -0.05) is 18.2 Å². The molecule has 0 radical (unpaired) electrons. The fourth-order valence-corrected chi connectivity index (χ4v) is 3.19. The SMILES string of the molecule is O=C1NC(=O)c2c(N3CCNCC3)ccc3cccc1c23. The largest absolute Gasteiger partial charge is 0.368 e. The molecule has 0 unspecified atom stereocenters. The van der Waals surface area contributed by atoms with Crippen molar-refractivity contribution in [3.05, 3.63) is 41.5 Å². The van der Waals surface area contributed by atoms with E-state index >= 15 is 0 Å². The molecule has 0 saturated carbocycles. The van der Waals surface area contributed by atoms with Gasteiger partial charge in [-0.25, -0.2) is 0 Å². The van der Waals surface area contributed by atoms with Gasteiger partial charge in [-0.15, -0.1) is 0 Å². The lowest BCUT2D eigenvalue weighted by molar-refractivity contribution is 0.0845. The standard InChI is InChI=1S/C16H15N3O2/c20-15-11-3-1-2-10-4-5-12(19-8-6-17-7-9-19)14(13(10)11)16(21)18-15/h1-5,17H,6-9H2,(H,18,20,21). The molecule has 2 aromatic rings.